The number of nitrogens with zero attached hydrogens (tertiary/aromatic N) is 2. The molecule has 1 heterocycles. The van der Waals surface area contributed by atoms with Crippen LogP contribution < -0.4 is 5.32 Å². The van der Waals surface area contributed by atoms with E-state index in [1.165, 1.54) is 0 Å². The van der Waals surface area contributed by atoms with E-state index in [4.69, 9.17) is 4.98 Å². The SMILES string of the molecule is CCCNc1cc(C(C)(C)C)nc(-c2ccccc2)n1. The number of benzene rings is 1. The van der Waals surface area contributed by atoms with Crippen LogP contribution in [0, 0.1) is 0 Å². The molecule has 0 atom stereocenters. The Bertz CT molecular complexity index is 556. The molecule has 3 heteroatoms. The van der Waals surface area contributed by atoms with Crippen LogP contribution in [0.5, 0.6) is 0 Å². The highest BCUT2D eigenvalue weighted by atomic mass is 15.0. The summed E-state index contributed by atoms with van der Waals surface area (Å²) in [6.07, 6.45) is 1.08. The van der Waals surface area contributed by atoms with Gasteiger partial charge in [0.25, 0.3) is 0 Å². The molecule has 1 aromatic heterocycles. The fourth-order valence-corrected chi connectivity index (χ4v) is 1.89. The van der Waals surface area contributed by atoms with Crippen LogP contribution in [0.2, 0.25) is 0 Å². The third-order valence-corrected chi connectivity index (χ3v) is 3.08. The Morgan fingerprint density at radius 3 is 2.35 bits per heavy atom. The minimum Gasteiger partial charge on any atom is -0.370 e. The number of anilines is 1. The van der Waals surface area contributed by atoms with Gasteiger partial charge in [-0.3, -0.25) is 0 Å². The Balaban J connectivity index is 2.46. The molecule has 0 unspecified atom stereocenters. The van der Waals surface area contributed by atoms with Gasteiger partial charge in [0.05, 0.1) is 5.69 Å². The summed E-state index contributed by atoms with van der Waals surface area (Å²) in [5.41, 5.74) is 2.12. The van der Waals surface area contributed by atoms with Crippen molar-refractivity contribution in [3.8, 4) is 11.4 Å². The molecule has 0 spiro atoms. The molecule has 1 N–H and O–H groups in total. The van der Waals surface area contributed by atoms with Crippen LogP contribution in [0.25, 0.3) is 11.4 Å². The van der Waals surface area contributed by atoms with Crippen LogP contribution in [0.3, 0.4) is 0 Å². The summed E-state index contributed by atoms with van der Waals surface area (Å²) in [5.74, 6) is 1.70. The number of nitrogens with one attached hydrogen (secondary N) is 1. The fraction of sp³-hybridized carbons (Fsp3) is 0.412. The van der Waals surface area contributed by atoms with E-state index in [1.807, 2.05) is 30.3 Å². The molecule has 2 aromatic rings. The van der Waals surface area contributed by atoms with Gasteiger partial charge >= 0.3 is 0 Å². The largest absolute Gasteiger partial charge is 0.370 e. The van der Waals surface area contributed by atoms with Gasteiger partial charge in [-0.25, -0.2) is 9.97 Å². The van der Waals surface area contributed by atoms with Crippen molar-refractivity contribution in [1.82, 2.24) is 9.97 Å². The molecule has 0 radical (unpaired) electrons. The first-order valence-corrected chi connectivity index (χ1v) is 7.19. The number of hydrogen-bond donors (Lipinski definition) is 1. The van der Waals surface area contributed by atoms with Gasteiger partial charge in [-0.05, 0) is 6.42 Å². The maximum Gasteiger partial charge on any atom is 0.161 e. The number of rotatable bonds is 4. The lowest BCUT2D eigenvalue weighted by atomic mass is 9.91. The first-order chi connectivity index (χ1) is 9.50. The van der Waals surface area contributed by atoms with Crippen LogP contribution >= 0.6 is 0 Å². The van der Waals surface area contributed by atoms with Crippen LogP contribution in [-0.2, 0) is 5.41 Å². The van der Waals surface area contributed by atoms with Crippen molar-refractivity contribution >= 4 is 5.82 Å². The third kappa shape index (κ3) is 3.56. The predicted molar refractivity (Wildman–Crippen MR) is 84.9 cm³/mol. The van der Waals surface area contributed by atoms with Crippen molar-refractivity contribution in [1.29, 1.82) is 0 Å². The number of aromatic nitrogens is 2. The highest BCUT2D eigenvalue weighted by Gasteiger charge is 2.18. The van der Waals surface area contributed by atoms with E-state index in [1.54, 1.807) is 0 Å². The third-order valence-electron chi connectivity index (χ3n) is 3.08. The Morgan fingerprint density at radius 1 is 1.05 bits per heavy atom. The van der Waals surface area contributed by atoms with E-state index < -0.39 is 0 Å². The zero-order valence-electron chi connectivity index (χ0n) is 12.8. The van der Waals surface area contributed by atoms with Crippen LogP contribution in [0.15, 0.2) is 36.4 Å². The first kappa shape index (κ1) is 14.5. The number of hydrogen-bond acceptors (Lipinski definition) is 3. The van der Waals surface area contributed by atoms with Crippen molar-refractivity contribution in [3.05, 3.63) is 42.1 Å². The van der Waals surface area contributed by atoms with Crippen molar-refractivity contribution in [3.63, 3.8) is 0 Å². The summed E-state index contributed by atoms with van der Waals surface area (Å²) in [5, 5.41) is 3.37. The quantitative estimate of drug-likeness (QED) is 0.901. The molecule has 3 nitrogen and oxygen atoms in total. The molecule has 0 aliphatic carbocycles. The molecule has 0 saturated carbocycles. The summed E-state index contributed by atoms with van der Waals surface area (Å²) in [4.78, 5) is 9.36. The van der Waals surface area contributed by atoms with Crippen molar-refractivity contribution in [2.24, 2.45) is 0 Å². The Hall–Kier alpha value is -1.90. The average Bonchev–Trinajstić information content (AvgIpc) is 2.45. The standard InChI is InChI=1S/C17H23N3/c1-5-11-18-15-12-14(17(2,3)4)19-16(20-15)13-9-7-6-8-10-13/h6-10,12H,5,11H2,1-4H3,(H,18,19,20). The predicted octanol–water partition coefficient (Wildman–Crippen LogP) is 4.26. The topological polar surface area (TPSA) is 37.8 Å². The monoisotopic (exact) mass is 269 g/mol. The molecule has 0 aliphatic rings. The lowest BCUT2D eigenvalue weighted by Crippen LogP contribution is -2.16. The summed E-state index contributed by atoms with van der Waals surface area (Å²) in [7, 11) is 0. The Morgan fingerprint density at radius 2 is 1.75 bits per heavy atom. The lowest BCUT2D eigenvalue weighted by Gasteiger charge is -2.19. The molecule has 106 valence electrons. The molecule has 1 aromatic carbocycles. The molecule has 0 bridgehead atoms. The summed E-state index contributed by atoms with van der Waals surface area (Å²) >= 11 is 0. The van der Waals surface area contributed by atoms with Crippen molar-refractivity contribution in [2.45, 2.75) is 39.5 Å². The molecule has 0 aliphatic heterocycles. The van der Waals surface area contributed by atoms with Gasteiger partial charge < -0.3 is 5.32 Å². The smallest absolute Gasteiger partial charge is 0.161 e. The zero-order valence-corrected chi connectivity index (χ0v) is 12.8. The molecule has 0 fully saturated rings. The van der Waals surface area contributed by atoms with E-state index in [-0.39, 0.29) is 5.41 Å². The molecule has 0 saturated heterocycles. The summed E-state index contributed by atoms with van der Waals surface area (Å²) in [6, 6.07) is 12.2. The van der Waals surface area contributed by atoms with Crippen molar-refractivity contribution in [2.75, 3.05) is 11.9 Å². The second-order valence-electron chi connectivity index (χ2n) is 6.00. The van der Waals surface area contributed by atoms with Gasteiger partial charge in [0, 0.05) is 23.6 Å². The lowest BCUT2D eigenvalue weighted by molar-refractivity contribution is 0.568. The normalized spacial score (nSPS) is 11.4. The Labute approximate surface area is 121 Å². The fourth-order valence-electron chi connectivity index (χ4n) is 1.89. The Kier molecular flexibility index (Phi) is 4.38. The minimum atomic E-state index is 0.00904. The van der Waals surface area contributed by atoms with E-state index in [9.17, 15) is 0 Å². The maximum atomic E-state index is 4.73. The van der Waals surface area contributed by atoms with E-state index in [0.29, 0.717) is 0 Å². The van der Waals surface area contributed by atoms with Gasteiger partial charge in [-0.2, -0.15) is 0 Å². The van der Waals surface area contributed by atoms with Crippen molar-refractivity contribution < 1.29 is 0 Å². The van der Waals surface area contributed by atoms with Gasteiger partial charge in [0.1, 0.15) is 5.82 Å². The zero-order chi connectivity index (χ0) is 14.6. The minimum absolute atomic E-state index is 0.00904. The molecule has 0 amide bonds. The molecular weight excluding hydrogens is 246 g/mol. The van der Waals surface area contributed by atoms with Gasteiger partial charge in [-0.15, -0.1) is 0 Å². The molecule has 20 heavy (non-hydrogen) atoms. The molecular formula is C17H23N3. The van der Waals surface area contributed by atoms with Gasteiger partial charge in [0.15, 0.2) is 5.82 Å². The summed E-state index contributed by atoms with van der Waals surface area (Å²) in [6.45, 7) is 9.60. The first-order valence-electron chi connectivity index (χ1n) is 7.19. The molecule has 2 rings (SSSR count). The highest BCUT2D eigenvalue weighted by molar-refractivity contribution is 5.57. The van der Waals surface area contributed by atoms with Crippen LogP contribution in [0.4, 0.5) is 5.82 Å². The average molecular weight is 269 g/mol. The highest BCUT2D eigenvalue weighted by Crippen LogP contribution is 2.25. The summed E-state index contributed by atoms with van der Waals surface area (Å²) < 4.78 is 0. The van der Waals surface area contributed by atoms with Gasteiger partial charge in [0.2, 0.25) is 0 Å². The van der Waals surface area contributed by atoms with Crippen LogP contribution in [0.1, 0.15) is 39.8 Å². The van der Waals surface area contributed by atoms with Gasteiger partial charge in [-0.1, -0.05) is 58.0 Å². The van der Waals surface area contributed by atoms with E-state index in [0.717, 1.165) is 35.9 Å². The van der Waals surface area contributed by atoms with E-state index >= 15 is 0 Å². The maximum absolute atomic E-state index is 4.73. The van der Waals surface area contributed by atoms with E-state index in [2.05, 4.69) is 44.1 Å². The second kappa shape index (κ2) is 6.04. The second-order valence-corrected chi connectivity index (χ2v) is 6.00. The van der Waals surface area contributed by atoms with Crippen LogP contribution in [-0.4, -0.2) is 16.5 Å².